The van der Waals surface area contributed by atoms with E-state index in [1.54, 1.807) is 0 Å². The van der Waals surface area contributed by atoms with Crippen LogP contribution in [0, 0.1) is 5.92 Å². The molecule has 1 aliphatic rings. The Hall–Kier alpha value is -2.40. The lowest BCUT2D eigenvalue weighted by Crippen LogP contribution is -2.34. The third-order valence-electron chi connectivity index (χ3n) is 4.82. The van der Waals surface area contributed by atoms with E-state index in [9.17, 15) is 4.79 Å². The quantitative estimate of drug-likeness (QED) is 0.879. The Morgan fingerprint density at radius 1 is 1.24 bits per heavy atom. The molecule has 1 atom stereocenters. The van der Waals surface area contributed by atoms with Gasteiger partial charge in [-0.25, -0.2) is 4.98 Å². The van der Waals surface area contributed by atoms with E-state index in [0.29, 0.717) is 6.54 Å². The number of benzene rings is 1. The van der Waals surface area contributed by atoms with Gasteiger partial charge in [-0.3, -0.25) is 4.79 Å². The number of pyridine rings is 1. The highest BCUT2D eigenvalue weighted by molar-refractivity contribution is 5.82. The highest BCUT2D eigenvalue weighted by atomic mass is 16.2. The molecule has 3 N–H and O–H groups in total. The summed E-state index contributed by atoms with van der Waals surface area (Å²) in [5.41, 5.74) is 7.79. The smallest absolute Gasteiger partial charge is 0.241 e. The van der Waals surface area contributed by atoms with E-state index in [1.165, 1.54) is 12.8 Å². The summed E-state index contributed by atoms with van der Waals surface area (Å²) in [7, 11) is 0. The van der Waals surface area contributed by atoms with Crippen LogP contribution in [0.25, 0.3) is 0 Å². The van der Waals surface area contributed by atoms with Crippen LogP contribution in [0.5, 0.6) is 0 Å². The first-order chi connectivity index (χ1) is 12.1. The fourth-order valence-corrected chi connectivity index (χ4v) is 3.06. The molecule has 0 bridgehead atoms. The Kier molecular flexibility index (Phi) is 5.66. The van der Waals surface area contributed by atoms with Gasteiger partial charge in [0, 0.05) is 25.8 Å². The second kappa shape index (κ2) is 8.12. The molecule has 25 heavy (non-hydrogen) atoms. The number of nitrogens with zero attached hydrogens (tertiary/aromatic N) is 2. The summed E-state index contributed by atoms with van der Waals surface area (Å²) >= 11 is 0. The van der Waals surface area contributed by atoms with E-state index in [0.717, 1.165) is 36.0 Å². The van der Waals surface area contributed by atoms with Crippen LogP contribution in [0.4, 0.5) is 5.82 Å². The van der Waals surface area contributed by atoms with Crippen molar-refractivity contribution in [3.05, 3.63) is 59.8 Å². The number of amides is 1. The maximum Gasteiger partial charge on any atom is 0.241 e. The second-order valence-electron chi connectivity index (χ2n) is 6.80. The Labute approximate surface area is 149 Å². The summed E-state index contributed by atoms with van der Waals surface area (Å²) in [6, 6.07) is 12.8. The average Bonchev–Trinajstić information content (AvgIpc) is 2.67. The van der Waals surface area contributed by atoms with Crippen molar-refractivity contribution >= 4 is 11.7 Å². The van der Waals surface area contributed by atoms with Gasteiger partial charge < -0.3 is 16.0 Å². The summed E-state index contributed by atoms with van der Waals surface area (Å²) in [5, 5.41) is 2.88. The van der Waals surface area contributed by atoms with Crippen molar-refractivity contribution in [2.24, 2.45) is 11.7 Å². The largest absolute Gasteiger partial charge is 0.357 e. The predicted octanol–water partition coefficient (Wildman–Crippen LogP) is 2.63. The number of anilines is 1. The van der Waals surface area contributed by atoms with Gasteiger partial charge in [0.2, 0.25) is 5.91 Å². The van der Waals surface area contributed by atoms with Crippen molar-refractivity contribution in [1.29, 1.82) is 0 Å². The second-order valence-corrected chi connectivity index (χ2v) is 6.80. The number of aromatic nitrogens is 1. The molecule has 5 nitrogen and oxygen atoms in total. The number of hydrogen-bond acceptors (Lipinski definition) is 4. The molecule has 1 amide bonds. The normalized spacial score (nSPS) is 16.5. The molecule has 0 aliphatic carbocycles. The van der Waals surface area contributed by atoms with E-state index < -0.39 is 6.04 Å². The fourth-order valence-electron chi connectivity index (χ4n) is 3.06. The fraction of sp³-hybridized carbons (Fsp3) is 0.400. The van der Waals surface area contributed by atoms with Gasteiger partial charge in [-0.2, -0.15) is 0 Å². The zero-order valence-corrected chi connectivity index (χ0v) is 14.7. The molecule has 1 unspecified atom stereocenters. The molecule has 2 aromatic rings. The predicted molar refractivity (Wildman–Crippen MR) is 100 cm³/mol. The van der Waals surface area contributed by atoms with Crippen LogP contribution >= 0.6 is 0 Å². The van der Waals surface area contributed by atoms with E-state index in [4.69, 9.17) is 5.73 Å². The van der Waals surface area contributed by atoms with Crippen molar-refractivity contribution in [3.8, 4) is 0 Å². The molecule has 0 radical (unpaired) electrons. The summed E-state index contributed by atoms with van der Waals surface area (Å²) in [6.07, 6.45) is 4.27. The van der Waals surface area contributed by atoms with E-state index in [-0.39, 0.29) is 5.91 Å². The maximum atomic E-state index is 12.2. The van der Waals surface area contributed by atoms with Crippen LogP contribution in [-0.4, -0.2) is 24.0 Å². The Morgan fingerprint density at radius 3 is 2.60 bits per heavy atom. The van der Waals surface area contributed by atoms with Gasteiger partial charge in [0.1, 0.15) is 11.9 Å². The molecule has 0 spiro atoms. The SMILES string of the molecule is CC1CCN(c2ccc(CNC(=O)C(N)c3ccccc3)cn2)CC1. The van der Waals surface area contributed by atoms with Gasteiger partial charge in [0.05, 0.1) is 0 Å². The minimum Gasteiger partial charge on any atom is -0.357 e. The van der Waals surface area contributed by atoms with Gasteiger partial charge >= 0.3 is 0 Å². The summed E-state index contributed by atoms with van der Waals surface area (Å²) < 4.78 is 0. The van der Waals surface area contributed by atoms with Gasteiger partial charge in [-0.05, 0) is 36.0 Å². The van der Waals surface area contributed by atoms with Crippen molar-refractivity contribution in [1.82, 2.24) is 10.3 Å². The van der Waals surface area contributed by atoms with Crippen LogP contribution in [0.15, 0.2) is 48.7 Å². The highest BCUT2D eigenvalue weighted by Gasteiger charge is 2.17. The molecule has 132 valence electrons. The molecule has 5 heteroatoms. The molecular formula is C20H26N4O. The number of nitrogens with one attached hydrogen (secondary N) is 1. The molecule has 1 saturated heterocycles. The summed E-state index contributed by atoms with van der Waals surface area (Å²) in [4.78, 5) is 19.1. The molecule has 2 heterocycles. The molecule has 1 aliphatic heterocycles. The monoisotopic (exact) mass is 338 g/mol. The Bertz CT molecular complexity index is 679. The topological polar surface area (TPSA) is 71.2 Å². The molecule has 3 rings (SSSR count). The first-order valence-corrected chi connectivity index (χ1v) is 8.91. The first-order valence-electron chi connectivity index (χ1n) is 8.91. The van der Waals surface area contributed by atoms with Crippen LogP contribution in [0.3, 0.4) is 0 Å². The lowest BCUT2D eigenvalue weighted by Gasteiger charge is -2.31. The minimum absolute atomic E-state index is 0.180. The van der Waals surface area contributed by atoms with Crippen molar-refractivity contribution < 1.29 is 4.79 Å². The Morgan fingerprint density at radius 2 is 1.96 bits per heavy atom. The highest BCUT2D eigenvalue weighted by Crippen LogP contribution is 2.21. The van der Waals surface area contributed by atoms with Crippen molar-refractivity contribution in [2.45, 2.75) is 32.4 Å². The molecule has 1 aromatic heterocycles. The third kappa shape index (κ3) is 4.57. The van der Waals surface area contributed by atoms with Crippen LogP contribution < -0.4 is 16.0 Å². The van der Waals surface area contributed by atoms with Crippen molar-refractivity contribution in [2.75, 3.05) is 18.0 Å². The molecule has 0 saturated carbocycles. The number of piperidine rings is 1. The number of rotatable bonds is 5. The summed E-state index contributed by atoms with van der Waals surface area (Å²) in [6.45, 7) is 4.87. The number of nitrogens with two attached hydrogens (primary N) is 1. The van der Waals surface area contributed by atoms with Crippen LogP contribution in [-0.2, 0) is 11.3 Å². The standard InChI is InChI=1S/C20H26N4O/c1-15-9-11-24(12-10-15)18-8-7-16(13-22-18)14-23-20(25)19(21)17-5-3-2-4-6-17/h2-8,13,15,19H,9-12,14,21H2,1H3,(H,23,25). The lowest BCUT2D eigenvalue weighted by molar-refractivity contribution is -0.122. The van der Waals surface area contributed by atoms with Gasteiger partial charge in [-0.15, -0.1) is 0 Å². The average molecular weight is 338 g/mol. The van der Waals surface area contributed by atoms with E-state index >= 15 is 0 Å². The zero-order valence-electron chi connectivity index (χ0n) is 14.7. The minimum atomic E-state index is -0.649. The van der Waals surface area contributed by atoms with Crippen molar-refractivity contribution in [3.63, 3.8) is 0 Å². The maximum absolute atomic E-state index is 12.2. The zero-order chi connectivity index (χ0) is 17.6. The van der Waals surface area contributed by atoms with Gasteiger partial charge in [0.25, 0.3) is 0 Å². The van der Waals surface area contributed by atoms with E-state index in [2.05, 4.69) is 22.1 Å². The first kappa shape index (κ1) is 17.4. The van der Waals surface area contributed by atoms with Gasteiger partial charge in [0.15, 0.2) is 0 Å². The molecular weight excluding hydrogens is 312 g/mol. The molecule has 1 aromatic carbocycles. The molecule has 1 fully saturated rings. The third-order valence-corrected chi connectivity index (χ3v) is 4.82. The van der Waals surface area contributed by atoms with Gasteiger partial charge in [-0.1, -0.05) is 43.3 Å². The Balaban J connectivity index is 1.52. The van der Waals surface area contributed by atoms with Crippen LogP contribution in [0.1, 0.15) is 36.9 Å². The number of carbonyl (C=O) groups excluding carboxylic acids is 1. The lowest BCUT2D eigenvalue weighted by atomic mass is 9.99. The van der Waals surface area contributed by atoms with E-state index in [1.807, 2.05) is 48.7 Å². The number of hydrogen-bond donors (Lipinski definition) is 2. The summed E-state index contributed by atoms with van der Waals surface area (Å²) in [5.74, 6) is 1.64. The number of carbonyl (C=O) groups is 1. The van der Waals surface area contributed by atoms with Crippen LogP contribution in [0.2, 0.25) is 0 Å².